The van der Waals surface area contributed by atoms with E-state index in [1.54, 1.807) is 34.3 Å². The maximum absolute atomic E-state index is 13.1. The van der Waals surface area contributed by atoms with Crippen molar-refractivity contribution in [3.63, 3.8) is 0 Å². The van der Waals surface area contributed by atoms with E-state index in [0.717, 1.165) is 26.2 Å². The molecule has 0 atom stereocenters. The summed E-state index contributed by atoms with van der Waals surface area (Å²) in [6.45, 7) is 2.02. The standard InChI is InChI=1S/C13H8FN5S/c1-7-10(8-2-4-9(14)5-3-8)11-12-16-17-18-19(12)6-15-13(11)20-7/h2-6H,1H3. The SMILES string of the molecule is Cc1sc2ncn3nnnc3c2c1-c1ccc(F)cc1. The van der Waals surface area contributed by atoms with Crippen molar-refractivity contribution < 1.29 is 4.39 Å². The Labute approximate surface area is 116 Å². The molecule has 0 aliphatic carbocycles. The molecule has 0 radical (unpaired) electrons. The predicted molar refractivity (Wildman–Crippen MR) is 74.1 cm³/mol. The van der Waals surface area contributed by atoms with Crippen LogP contribution < -0.4 is 0 Å². The zero-order valence-corrected chi connectivity index (χ0v) is 11.2. The quantitative estimate of drug-likeness (QED) is 0.539. The minimum absolute atomic E-state index is 0.252. The molecular formula is C13H8FN5S. The molecule has 0 bridgehead atoms. The van der Waals surface area contributed by atoms with E-state index in [2.05, 4.69) is 20.5 Å². The molecule has 4 aromatic rings. The van der Waals surface area contributed by atoms with Crippen LogP contribution in [0.1, 0.15) is 4.88 Å². The summed E-state index contributed by atoms with van der Waals surface area (Å²) < 4.78 is 14.6. The van der Waals surface area contributed by atoms with Crippen LogP contribution in [0.5, 0.6) is 0 Å². The molecule has 0 saturated carbocycles. The number of benzene rings is 1. The third-order valence-electron chi connectivity index (χ3n) is 3.20. The molecule has 5 nitrogen and oxygen atoms in total. The maximum atomic E-state index is 13.1. The van der Waals surface area contributed by atoms with Gasteiger partial charge in [0.15, 0.2) is 5.65 Å². The Balaban J connectivity index is 2.14. The first-order chi connectivity index (χ1) is 9.74. The van der Waals surface area contributed by atoms with Crippen molar-refractivity contribution in [3.05, 3.63) is 41.3 Å². The van der Waals surface area contributed by atoms with Crippen LogP contribution in [0, 0.1) is 12.7 Å². The van der Waals surface area contributed by atoms with Gasteiger partial charge < -0.3 is 0 Å². The van der Waals surface area contributed by atoms with Crippen molar-refractivity contribution in [3.8, 4) is 11.1 Å². The lowest BCUT2D eigenvalue weighted by Crippen LogP contribution is -1.90. The molecule has 3 aromatic heterocycles. The number of rotatable bonds is 1. The summed E-state index contributed by atoms with van der Waals surface area (Å²) in [7, 11) is 0. The summed E-state index contributed by atoms with van der Waals surface area (Å²) in [4.78, 5) is 6.36. The average molecular weight is 285 g/mol. The van der Waals surface area contributed by atoms with Crippen LogP contribution in [0.4, 0.5) is 4.39 Å². The van der Waals surface area contributed by atoms with Crippen LogP contribution in [0.25, 0.3) is 27.0 Å². The number of aryl methyl sites for hydroxylation is 1. The smallest absolute Gasteiger partial charge is 0.191 e. The molecule has 0 unspecified atom stereocenters. The summed E-state index contributed by atoms with van der Waals surface area (Å²) in [6, 6.07) is 6.43. The van der Waals surface area contributed by atoms with Crippen molar-refractivity contribution in [2.45, 2.75) is 6.92 Å². The van der Waals surface area contributed by atoms with Gasteiger partial charge in [-0.2, -0.15) is 4.52 Å². The molecular weight excluding hydrogens is 277 g/mol. The van der Waals surface area contributed by atoms with Crippen LogP contribution in [0.15, 0.2) is 30.6 Å². The van der Waals surface area contributed by atoms with E-state index in [4.69, 9.17) is 0 Å². The number of hydrogen-bond acceptors (Lipinski definition) is 5. The van der Waals surface area contributed by atoms with Gasteiger partial charge in [0.25, 0.3) is 0 Å². The van der Waals surface area contributed by atoms with Gasteiger partial charge in [-0.3, -0.25) is 0 Å². The molecule has 0 aliphatic rings. The van der Waals surface area contributed by atoms with Gasteiger partial charge in [0.05, 0.1) is 5.39 Å². The zero-order chi connectivity index (χ0) is 13.7. The largest absolute Gasteiger partial charge is 0.225 e. The second kappa shape index (κ2) is 4.04. The van der Waals surface area contributed by atoms with Crippen LogP contribution in [0.2, 0.25) is 0 Å². The Morgan fingerprint density at radius 3 is 2.80 bits per heavy atom. The number of fused-ring (bicyclic) bond motifs is 3. The van der Waals surface area contributed by atoms with Gasteiger partial charge in [-0.05, 0) is 35.0 Å². The van der Waals surface area contributed by atoms with Gasteiger partial charge in [-0.15, -0.1) is 16.4 Å². The van der Waals surface area contributed by atoms with Crippen molar-refractivity contribution in [1.82, 2.24) is 25.0 Å². The van der Waals surface area contributed by atoms with Crippen molar-refractivity contribution in [2.75, 3.05) is 0 Å². The van der Waals surface area contributed by atoms with E-state index >= 15 is 0 Å². The summed E-state index contributed by atoms with van der Waals surface area (Å²) in [5.41, 5.74) is 2.62. The molecule has 0 fully saturated rings. The van der Waals surface area contributed by atoms with Crippen LogP contribution in [-0.2, 0) is 0 Å². The lowest BCUT2D eigenvalue weighted by Gasteiger charge is -2.02. The normalized spacial score (nSPS) is 11.5. The fraction of sp³-hybridized carbons (Fsp3) is 0.0769. The lowest BCUT2D eigenvalue weighted by atomic mass is 10.0. The number of nitrogens with zero attached hydrogens (tertiary/aromatic N) is 5. The van der Waals surface area contributed by atoms with Crippen molar-refractivity contribution in [2.24, 2.45) is 0 Å². The minimum atomic E-state index is -0.252. The number of tetrazole rings is 1. The molecule has 7 heteroatoms. The summed E-state index contributed by atoms with van der Waals surface area (Å²) >= 11 is 1.58. The van der Waals surface area contributed by atoms with E-state index < -0.39 is 0 Å². The highest BCUT2D eigenvalue weighted by atomic mass is 32.1. The molecule has 0 amide bonds. The van der Waals surface area contributed by atoms with Crippen molar-refractivity contribution in [1.29, 1.82) is 0 Å². The Morgan fingerprint density at radius 2 is 2.00 bits per heavy atom. The van der Waals surface area contributed by atoms with Gasteiger partial charge >= 0.3 is 0 Å². The molecule has 1 aromatic carbocycles. The first kappa shape index (κ1) is 11.4. The molecule has 98 valence electrons. The van der Waals surface area contributed by atoms with Crippen molar-refractivity contribution >= 4 is 27.2 Å². The number of aromatic nitrogens is 5. The molecule has 0 N–H and O–H groups in total. The highest BCUT2D eigenvalue weighted by molar-refractivity contribution is 7.19. The molecule has 0 saturated heterocycles. The van der Waals surface area contributed by atoms with Gasteiger partial charge in [0, 0.05) is 10.4 Å². The highest BCUT2D eigenvalue weighted by Crippen LogP contribution is 2.38. The third kappa shape index (κ3) is 1.53. The predicted octanol–water partition coefficient (Wildman–Crippen LogP) is 2.85. The number of hydrogen-bond donors (Lipinski definition) is 0. The molecule has 0 aliphatic heterocycles. The zero-order valence-electron chi connectivity index (χ0n) is 10.4. The fourth-order valence-corrected chi connectivity index (χ4v) is 3.34. The van der Waals surface area contributed by atoms with E-state index in [1.807, 2.05) is 6.92 Å². The van der Waals surface area contributed by atoms with Gasteiger partial charge in [0.2, 0.25) is 0 Å². The monoisotopic (exact) mass is 285 g/mol. The van der Waals surface area contributed by atoms with E-state index in [0.29, 0.717) is 5.65 Å². The molecule has 4 rings (SSSR count). The minimum Gasteiger partial charge on any atom is -0.225 e. The molecule has 3 heterocycles. The fourth-order valence-electron chi connectivity index (χ4n) is 2.34. The van der Waals surface area contributed by atoms with Gasteiger partial charge in [-0.1, -0.05) is 12.1 Å². The van der Waals surface area contributed by atoms with Crippen LogP contribution in [-0.4, -0.2) is 25.0 Å². The topological polar surface area (TPSA) is 56.0 Å². The summed E-state index contributed by atoms with van der Waals surface area (Å²) in [5, 5.41) is 12.5. The van der Waals surface area contributed by atoms with E-state index in [1.165, 1.54) is 12.1 Å². The van der Waals surface area contributed by atoms with Gasteiger partial charge in [0.1, 0.15) is 17.0 Å². The van der Waals surface area contributed by atoms with E-state index in [-0.39, 0.29) is 5.82 Å². The lowest BCUT2D eigenvalue weighted by molar-refractivity contribution is 0.628. The highest BCUT2D eigenvalue weighted by Gasteiger charge is 2.17. The molecule has 0 spiro atoms. The average Bonchev–Trinajstić information content (AvgIpc) is 3.02. The maximum Gasteiger partial charge on any atom is 0.191 e. The Bertz CT molecular complexity index is 925. The number of halogens is 1. The van der Waals surface area contributed by atoms with E-state index in [9.17, 15) is 4.39 Å². The first-order valence-corrected chi connectivity index (χ1v) is 6.77. The summed E-state index contributed by atoms with van der Waals surface area (Å²) in [5.74, 6) is -0.252. The second-order valence-corrected chi connectivity index (χ2v) is 5.62. The second-order valence-electron chi connectivity index (χ2n) is 4.41. The molecule has 20 heavy (non-hydrogen) atoms. The summed E-state index contributed by atoms with van der Waals surface area (Å²) in [6.07, 6.45) is 1.60. The first-order valence-electron chi connectivity index (χ1n) is 5.96. The van der Waals surface area contributed by atoms with Crippen LogP contribution >= 0.6 is 11.3 Å². The Morgan fingerprint density at radius 1 is 1.20 bits per heavy atom. The van der Waals surface area contributed by atoms with Gasteiger partial charge in [-0.25, -0.2) is 9.37 Å². The third-order valence-corrected chi connectivity index (χ3v) is 4.21. The Hall–Kier alpha value is -2.41. The number of thiophene rings is 1. The Kier molecular flexibility index (Phi) is 2.31. The van der Waals surface area contributed by atoms with Crippen LogP contribution in [0.3, 0.4) is 0 Å².